The number of H-pyrrole nitrogens is 1. The first-order chi connectivity index (χ1) is 12.5. The Morgan fingerprint density at radius 2 is 2.04 bits per heavy atom. The lowest BCUT2D eigenvalue weighted by Crippen LogP contribution is -2.42. The quantitative estimate of drug-likeness (QED) is 0.851. The standard InChI is InChI=1S/C20H21ClN2O3/c21-17-9-14(10-22-18(17)24)19(25)23-11-13-5-4-8-20(26,16(13)12-23)15-6-2-1-3-7-15/h1-3,6-7,9-10,13,16,26H,4-5,8,11-12H2,(H,22,24)/t13-,16+,20+/m0/s1. The number of rotatable bonds is 2. The average Bonchev–Trinajstić information content (AvgIpc) is 3.10. The molecule has 1 aromatic carbocycles. The highest BCUT2D eigenvalue weighted by Gasteiger charge is 2.50. The van der Waals surface area contributed by atoms with Crippen molar-refractivity contribution >= 4 is 17.5 Å². The number of hydrogen-bond acceptors (Lipinski definition) is 3. The van der Waals surface area contributed by atoms with Crippen LogP contribution in [-0.4, -0.2) is 34.0 Å². The van der Waals surface area contributed by atoms with Crippen molar-refractivity contribution < 1.29 is 9.90 Å². The Hall–Kier alpha value is -2.11. The second-order valence-corrected chi connectivity index (χ2v) is 7.73. The predicted octanol–water partition coefficient (Wildman–Crippen LogP) is 2.79. The molecule has 5 nitrogen and oxygen atoms in total. The summed E-state index contributed by atoms with van der Waals surface area (Å²) in [6.45, 7) is 1.13. The van der Waals surface area contributed by atoms with Gasteiger partial charge in [-0.3, -0.25) is 9.59 Å². The van der Waals surface area contributed by atoms with Crippen LogP contribution in [-0.2, 0) is 5.60 Å². The summed E-state index contributed by atoms with van der Waals surface area (Å²) < 4.78 is 0. The summed E-state index contributed by atoms with van der Waals surface area (Å²) in [6, 6.07) is 11.2. The lowest BCUT2D eigenvalue weighted by molar-refractivity contribution is -0.0644. The number of nitrogens with one attached hydrogen (secondary N) is 1. The molecule has 136 valence electrons. The monoisotopic (exact) mass is 372 g/mol. The summed E-state index contributed by atoms with van der Waals surface area (Å²) in [6.07, 6.45) is 4.07. The first-order valence-electron chi connectivity index (χ1n) is 8.94. The fourth-order valence-electron chi connectivity index (χ4n) is 4.54. The summed E-state index contributed by atoms with van der Waals surface area (Å²) in [4.78, 5) is 28.6. The van der Waals surface area contributed by atoms with Crippen LogP contribution in [0.4, 0.5) is 0 Å². The molecule has 2 heterocycles. The molecule has 1 aromatic heterocycles. The van der Waals surface area contributed by atoms with Gasteiger partial charge < -0.3 is 15.0 Å². The molecule has 26 heavy (non-hydrogen) atoms. The molecule has 1 saturated heterocycles. The maximum Gasteiger partial charge on any atom is 0.266 e. The molecule has 1 aliphatic heterocycles. The molecular weight excluding hydrogens is 352 g/mol. The van der Waals surface area contributed by atoms with E-state index in [4.69, 9.17) is 11.6 Å². The minimum absolute atomic E-state index is 0.00764. The van der Waals surface area contributed by atoms with Crippen LogP contribution in [0.1, 0.15) is 35.2 Å². The molecule has 0 radical (unpaired) electrons. The van der Waals surface area contributed by atoms with Crippen molar-refractivity contribution in [3.63, 3.8) is 0 Å². The van der Waals surface area contributed by atoms with Crippen LogP contribution < -0.4 is 5.56 Å². The Morgan fingerprint density at radius 1 is 1.27 bits per heavy atom. The zero-order valence-electron chi connectivity index (χ0n) is 14.3. The van der Waals surface area contributed by atoms with E-state index in [1.54, 1.807) is 4.90 Å². The molecule has 2 fully saturated rings. The van der Waals surface area contributed by atoms with Crippen LogP contribution in [0, 0.1) is 11.8 Å². The second kappa shape index (κ2) is 6.56. The van der Waals surface area contributed by atoms with E-state index in [-0.39, 0.29) is 22.8 Å². The lowest BCUT2D eigenvalue weighted by atomic mass is 9.67. The normalized spacial score (nSPS) is 28.0. The minimum atomic E-state index is -0.901. The van der Waals surface area contributed by atoms with E-state index in [0.717, 1.165) is 18.4 Å². The molecule has 4 rings (SSSR count). The van der Waals surface area contributed by atoms with E-state index >= 15 is 0 Å². The Bertz CT molecular complexity index is 882. The number of halogens is 1. The van der Waals surface area contributed by atoms with Gasteiger partial charge in [0.15, 0.2) is 0 Å². The zero-order chi connectivity index (χ0) is 18.3. The first kappa shape index (κ1) is 17.3. The van der Waals surface area contributed by atoms with Crippen molar-refractivity contribution in [2.75, 3.05) is 13.1 Å². The fourth-order valence-corrected chi connectivity index (χ4v) is 4.71. The lowest BCUT2D eigenvalue weighted by Gasteiger charge is -2.41. The van der Waals surface area contributed by atoms with E-state index in [1.165, 1.54) is 12.3 Å². The highest BCUT2D eigenvalue weighted by molar-refractivity contribution is 6.30. The van der Waals surface area contributed by atoms with E-state index < -0.39 is 11.2 Å². The van der Waals surface area contributed by atoms with Crippen LogP contribution in [0.5, 0.6) is 0 Å². The number of benzene rings is 1. The molecule has 0 unspecified atom stereocenters. The van der Waals surface area contributed by atoms with E-state index in [0.29, 0.717) is 25.1 Å². The number of aromatic amines is 1. The van der Waals surface area contributed by atoms with E-state index in [1.807, 2.05) is 30.3 Å². The van der Waals surface area contributed by atoms with Gasteiger partial charge in [-0.15, -0.1) is 0 Å². The van der Waals surface area contributed by atoms with Gasteiger partial charge in [-0.25, -0.2) is 0 Å². The molecule has 6 heteroatoms. The summed E-state index contributed by atoms with van der Waals surface area (Å²) in [7, 11) is 0. The van der Waals surface area contributed by atoms with Gasteiger partial charge in [-0.2, -0.15) is 0 Å². The molecule has 1 amide bonds. The molecule has 0 bridgehead atoms. The number of fused-ring (bicyclic) bond motifs is 1. The molecule has 2 aromatic rings. The number of aromatic nitrogens is 1. The highest BCUT2D eigenvalue weighted by atomic mass is 35.5. The van der Waals surface area contributed by atoms with Gasteiger partial charge in [0.05, 0.1) is 11.2 Å². The van der Waals surface area contributed by atoms with Gasteiger partial charge in [0.2, 0.25) is 0 Å². The smallest absolute Gasteiger partial charge is 0.266 e. The highest BCUT2D eigenvalue weighted by Crippen LogP contribution is 2.48. The molecule has 1 saturated carbocycles. The van der Waals surface area contributed by atoms with Crippen LogP contribution in [0.15, 0.2) is 47.4 Å². The molecule has 0 spiro atoms. The minimum Gasteiger partial charge on any atom is -0.385 e. The van der Waals surface area contributed by atoms with Crippen molar-refractivity contribution in [1.29, 1.82) is 0 Å². The maximum absolute atomic E-state index is 12.9. The van der Waals surface area contributed by atoms with E-state index in [2.05, 4.69) is 4.98 Å². The number of carbonyl (C=O) groups excluding carboxylic acids is 1. The number of amides is 1. The number of likely N-dealkylation sites (tertiary alicyclic amines) is 1. The second-order valence-electron chi connectivity index (χ2n) is 7.32. The molecule has 2 aliphatic rings. The van der Waals surface area contributed by atoms with Crippen LogP contribution in [0.2, 0.25) is 5.02 Å². The fraction of sp³-hybridized carbons (Fsp3) is 0.400. The van der Waals surface area contributed by atoms with Crippen molar-refractivity contribution in [3.05, 3.63) is 69.1 Å². The number of pyridine rings is 1. The Balaban J connectivity index is 1.60. The van der Waals surface area contributed by atoms with E-state index in [9.17, 15) is 14.7 Å². The zero-order valence-corrected chi connectivity index (χ0v) is 15.1. The van der Waals surface area contributed by atoms with Crippen molar-refractivity contribution in [2.24, 2.45) is 11.8 Å². The van der Waals surface area contributed by atoms with Crippen LogP contribution >= 0.6 is 11.6 Å². The topological polar surface area (TPSA) is 73.4 Å². The number of aliphatic hydroxyl groups is 1. The predicted molar refractivity (Wildman–Crippen MR) is 99.1 cm³/mol. The summed E-state index contributed by atoms with van der Waals surface area (Å²) in [5, 5.41) is 11.5. The van der Waals surface area contributed by atoms with Gasteiger partial charge in [-0.05, 0) is 36.8 Å². The number of hydrogen-bond donors (Lipinski definition) is 2. The summed E-state index contributed by atoms with van der Waals surface area (Å²) in [5.41, 5.74) is -0.00803. The number of carbonyl (C=O) groups is 1. The Labute approximate surface area is 156 Å². The van der Waals surface area contributed by atoms with Crippen molar-refractivity contribution in [1.82, 2.24) is 9.88 Å². The van der Waals surface area contributed by atoms with Crippen LogP contribution in [0.3, 0.4) is 0 Å². The van der Waals surface area contributed by atoms with Gasteiger partial charge in [0.25, 0.3) is 11.5 Å². The summed E-state index contributed by atoms with van der Waals surface area (Å²) in [5.74, 6) is 0.130. The average molecular weight is 373 g/mol. The van der Waals surface area contributed by atoms with Gasteiger partial charge >= 0.3 is 0 Å². The molecular formula is C20H21ClN2O3. The maximum atomic E-state index is 12.9. The third kappa shape index (κ3) is 2.85. The van der Waals surface area contributed by atoms with Crippen molar-refractivity contribution in [2.45, 2.75) is 24.9 Å². The van der Waals surface area contributed by atoms with Gasteiger partial charge in [0.1, 0.15) is 5.02 Å². The summed E-state index contributed by atoms with van der Waals surface area (Å²) >= 11 is 5.86. The largest absolute Gasteiger partial charge is 0.385 e. The Morgan fingerprint density at radius 3 is 2.77 bits per heavy atom. The Kier molecular flexibility index (Phi) is 4.37. The van der Waals surface area contributed by atoms with Gasteiger partial charge in [0, 0.05) is 25.2 Å². The molecule has 1 aliphatic carbocycles. The third-order valence-electron chi connectivity index (χ3n) is 5.85. The first-order valence-corrected chi connectivity index (χ1v) is 9.32. The van der Waals surface area contributed by atoms with Crippen LogP contribution in [0.25, 0.3) is 0 Å². The number of nitrogens with zero attached hydrogens (tertiary/aromatic N) is 1. The molecule has 2 N–H and O–H groups in total. The van der Waals surface area contributed by atoms with Crippen molar-refractivity contribution in [3.8, 4) is 0 Å². The third-order valence-corrected chi connectivity index (χ3v) is 6.13. The molecule has 3 atom stereocenters. The SMILES string of the molecule is O=C(c1c[nH]c(=O)c(Cl)c1)N1C[C@@H]2CCC[C@@](O)(c3ccccc3)[C@@H]2C1. The van der Waals surface area contributed by atoms with Gasteiger partial charge in [-0.1, -0.05) is 41.9 Å².